The molecule has 0 bridgehead atoms. The van der Waals surface area contributed by atoms with Crippen molar-refractivity contribution < 1.29 is 37.0 Å². The van der Waals surface area contributed by atoms with Gasteiger partial charge in [0.2, 0.25) is 0 Å². The number of likely N-dealkylation sites (tertiary alicyclic amines) is 2. The zero-order valence-electron chi connectivity index (χ0n) is 24.6. The first kappa shape index (κ1) is 36.2. The fourth-order valence-electron chi connectivity index (χ4n) is 5.79. The predicted octanol–water partition coefficient (Wildman–Crippen LogP) is 8.44. The van der Waals surface area contributed by atoms with E-state index < -0.39 is 18.0 Å². The van der Waals surface area contributed by atoms with E-state index in [1.165, 1.54) is 35.5 Å². The molecule has 6 nitrogen and oxygen atoms in total. The number of nitrogens with zero attached hydrogens (tertiary/aromatic N) is 2. The van der Waals surface area contributed by atoms with E-state index in [9.17, 15) is 18.0 Å². The van der Waals surface area contributed by atoms with Gasteiger partial charge in [0, 0.05) is 35.6 Å². The summed E-state index contributed by atoms with van der Waals surface area (Å²) in [6.45, 7) is 3.84. The Morgan fingerprint density at radius 3 is 2.11 bits per heavy atom. The number of carbonyl (C=O) groups excluding carboxylic acids is 1. The number of benzene rings is 2. The molecule has 244 valence electrons. The van der Waals surface area contributed by atoms with Gasteiger partial charge in [-0.05, 0) is 98.3 Å². The van der Waals surface area contributed by atoms with E-state index in [1.807, 2.05) is 0 Å². The molecular weight excluding hydrogens is 647 g/mol. The van der Waals surface area contributed by atoms with Crippen LogP contribution in [-0.2, 0) is 4.79 Å². The van der Waals surface area contributed by atoms with Crippen LogP contribution in [0.4, 0.5) is 17.6 Å². The summed E-state index contributed by atoms with van der Waals surface area (Å²) in [7, 11) is 0. The Balaban J connectivity index is 0.000000997. The van der Waals surface area contributed by atoms with Crippen molar-refractivity contribution >= 4 is 47.2 Å². The molecule has 3 aliphatic rings. The monoisotopic (exact) mass is 682 g/mol. The van der Waals surface area contributed by atoms with Crippen LogP contribution in [0.15, 0.2) is 30.3 Å². The van der Waals surface area contributed by atoms with Gasteiger partial charge in [0.15, 0.2) is 0 Å². The summed E-state index contributed by atoms with van der Waals surface area (Å²) in [5.74, 6) is 0.234. The van der Waals surface area contributed by atoms with Crippen LogP contribution >= 0.6 is 34.8 Å². The first-order valence-corrected chi connectivity index (χ1v) is 15.9. The topological polar surface area (TPSA) is 70.1 Å². The standard InChI is InChI=1S/C29H32Cl2F4N2O2.CH3Cl.CH2O2/c1-17-4-7-37(15-17)28(38)24-13-23(19-2-3-19)26(14-25(24)32)39-16-18-5-8-36(9-6-18)27(29(33,34)35)20-10-21(30)12-22(31)11-20;1-2;2-1-3/h10-14,17-19,27H,2-9,15-16H2,1H3;1H3;1H,(H,2,3). The maximum atomic E-state index is 15.1. The lowest BCUT2D eigenvalue weighted by Gasteiger charge is -2.38. The van der Waals surface area contributed by atoms with Crippen molar-refractivity contribution in [2.75, 3.05) is 39.2 Å². The molecule has 5 rings (SSSR count). The molecule has 1 saturated carbocycles. The molecule has 0 aromatic heterocycles. The van der Waals surface area contributed by atoms with Crippen LogP contribution in [0.5, 0.6) is 5.75 Å². The van der Waals surface area contributed by atoms with Crippen molar-refractivity contribution in [3.05, 3.63) is 62.9 Å². The summed E-state index contributed by atoms with van der Waals surface area (Å²) in [5, 5.41) is 7.22. The number of alkyl halides is 4. The number of carbonyl (C=O) groups is 2. The molecule has 0 spiro atoms. The molecule has 2 aliphatic heterocycles. The molecular formula is C31H37Cl3F4N2O4. The van der Waals surface area contributed by atoms with Gasteiger partial charge in [-0.1, -0.05) is 30.1 Å². The Kier molecular flexibility index (Phi) is 13.4. The Bertz CT molecular complexity index is 1250. The zero-order valence-corrected chi connectivity index (χ0v) is 26.8. The number of hydrogen-bond acceptors (Lipinski definition) is 4. The molecule has 1 N–H and O–H groups in total. The molecule has 13 heteroatoms. The molecule has 2 aromatic carbocycles. The van der Waals surface area contributed by atoms with Crippen LogP contribution in [0, 0.1) is 17.7 Å². The van der Waals surface area contributed by atoms with Crippen LogP contribution in [-0.4, -0.2) is 72.6 Å². The number of halogens is 7. The van der Waals surface area contributed by atoms with Gasteiger partial charge in [-0.2, -0.15) is 13.2 Å². The number of rotatable bonds is 7. The first-order valence-electron chi connectivity index (χ1n) is 14.4. The summed E-state index contributed by atoms with van der Waals surface area (Å²) in [6.07, 6.45) is 0.833. The van der Waals surface area contributed by atoms with Gasteiger partial charge in [-0.25, -0.2) is 4.39 Å². The lowest BCUT2D eigenvalue weighted by atomic mass is 9.94. The second kappa shape index (κ2) is 16.3. The number of carboxylic acid groups (broad SMARTS) is 1. The number of piperidine rings is 1. The number of ether oxygens (including phenoxy) is 1. The van der Waals surface area contributed by atoms with Crippen LogP contribution in [0.3, 0.4) is 0 Å². The lowest BCUT2D eigenvalue weighted by Crippen LogP contribution is -2.43. The van der Waals surface area contributed by atoms with Crippen LogP contribution < -0.4 is 4.74 Å². The summed E-state index contributed by atoms with van der Waals surface area (Å²) >= 11 is 16.6. The highest BCUT2D eigenvalue weighted by Crippen LogP contribution is 2.46. The van der Waals surface area contributed by atoms with Gasteiger partial charge < -0.3 is 14.7 Å². The van der Waals surface area contributed by atoms with Gasteiger partial charge >= 0.3 is 6.18 Å². The Morgan fingerprint density at radius 2 is 1.61 bits per heavy atom. The fourth-order valence-corrected chi connectivity index (χ4v) is 6.33. The minimum atomic E-state index is -4.49. The van der Waals surface area contributed by atoms with Crippen molar-refractivity contribution in [2.24, 2.45) is 11.8 Å². The highest BCUT2D eigenvalue weighted by molar-refractivity contribution is 6.34. The van der Waals surface area contributed by atoms with Gasteiger partial charge in [-0.15, -0.1) is 11.6 Å². The Hall–Kier alpha value is -2.27. The van der Waals surface area contributed by atoms with Crippen LogP contribution in [0.25, 0.3) is 0 Å². The zero-order chi connectivity index (χ0) is 32.6. The smallest absolute Gasteiger partial charge is 0.408 e. The van der Waals surface area contributed by atoms with Gasteiger partial charge in [-0.3, -0.25) is 14.5 Å². The Morgan fingerprint density at radius 1 is 1.02 bits per heavy atom. The van der Waals surface area contributed by atoms with Crippen LogP contribution in [0.2, 0.25) is 10.0 Å². The number of hydrogen-bond donors (Lipinski definition) is 1. The van der Waals surface area contributed by atoms with Gasteiger partial charge in [0.25, 0.3) is 12.4 Å². The van der Waals surface area contributed by atoms with Gasteiger partial charge in [0.1, 0.15) is 17.6 Å². The quantitative estimate of drug-likeness (QED) is 0.180. The molecule has 3 fully saturated rings. The van der Waals surface area contributed by atoms with E-state index in [0.29, 0.717) is 37.6 Å². The van der Waals surface area contributed by atoms with Crippen molar-refractivity contribution in [3.63, 3.8) is 0 Å². The SMILES string of the molecule is CC1CCN(C(=O)c2cc(C3CC3)c(OCC3CCN(C(c4cc(Cl)cc(Cl)c4)C(F)(F)F)CC3)cc2F)C1.CCl.O=CO. The van der Waals surface area contributed by atoms with E-state index in [2.05, 4.69) is 18.5 Å². The average Bonchev–Trinajstić information content (AvgIpc) is 3.72. The van der Waals surface area contributed by atoms with E-state index >= 15 is 4.39 Å². The molecule has 44 heavy (non-hydrogen) atoms. The maximum Gasteiger partial charge on any atom is 0.408 e. The third-order valence-electron chi connectivity index (χ3n) is 8.06. The summed E-state index contributed by atoms with van der Waals surface area (Å²) < 4.78 is 63.4. The molecule has 2 atom stereocenters. The van der Waals surface area contributed by atoms with Crippen molar-refractivity contribution in [3.8, 4) is 5.75 Å². The molecule has 2 heterocycles. The minimum Gasteiger partial charge on any atom is -0.493 e. The molecule has 2 unspecified atom stereocenters. The minimum absolute atomic E-state index is 0.0253. The number of amides is 1. The Labute approximate surface area is 270 Å². The highest BCUT2D eigenvalue weighted by Gasteiger charge is 2.45. The van der Waals surface area contributed by atoms with Crippen LogP contribution in [0.1, 0.15) is 72.5 Å². The van der Waals surface area contributed by atoms with E-state index in [-0.39, 0.29) is 65.1 Å². The first-order chi connectivity index (χ1) is 20.9. The normalized spacial score (nSPS) is 19.8. The van der Waals surface area contributed by atoms with E-state index in [1.54, 1.807) is 11.0 Å². The molecule has 2 aromatic rings. The lowest BCUT2D eigenvalue weighted by molar-refractivity contribution is -0.190. The van der Waals surface area contributed by atoms with E-state index in [4.69, 9.17) is 37.8 Å². The largest absolute Gasteiger partial charge is 0.493 e. The highest BCUT2D eigenvalue weighted by atomic mass is 35.5. The van der Waals surface area contributed by atoms with Crippen molar-refractivity contribution in [2.45, 2.75) is 57.2 Å². The maximum absolute atomic E-state index is 15.1. The summed E-state index contributed by atoms with van der Waals surface area (Å²) in [4.78, 5) is 24.4. The molecule has 1 amide bonds. The molecule has 1 aliphatic carbocycles. The molecule has 2 saturated heterocycles. The summed E-state index contributed by atoms with van der Waals surface area (Å²) in [5.41, 5.74) is 0.961. The average molecular weight is 684 g/mol. The third kappa shape index (κ3) is 9.61. The van der Waals surface area contributed by atoms with Crippen molar-refractivity contribution in [1.29, 1.82) is 0 Å². The third-order valence-corrected chi connectivity index (χ3v) is 8.49. The predicted molar refractivity (Wildman–Crippen MR) is 164 cm³/mol. The summed E-state index contributed by atoms with van der Waals surface area (Å²) in [6, 6.07) is 5.21. The second-order valence-electron chi connectivity index (χ2n) is 11.3. The van der Waals surface area contributed by atoms with Gasteiger partial charge in [0.05, 0.1) is 12.2 Å². The fraction of sp³-hybridized carbons (Fsp3) is 0.548. The van der Waals surface area contributed by atoms with E-state index in [0.717, 1.165) is 24.8 Å². The van der Waals surface area contributed by atoms with Crippen molar-refractivity contribution in [1.82, 2.24) is 9.80 Å². The second-order valence-corrected chi connectivity index (χ2v) is 12.2. The molecule has 0 radical (unpaired) electrons.